The fourth-order valence-electron chi connectivity index (χ4n) is 9.16. The molecule has 4 saturated carbocycles. The topological polar surface area (TPSA) is 90.1 Å². The van der Waals surface area contributed by atoms with Gasteiger partial charge in [-0.1, -0.05) is 0 Å². The average molecular weight is 577 g/mol. The molecule has 43 heavy (non-hydrogen) atoms. The minimum absolute atomic E-state index is 0.0131. The summed E-state index contributed by atoms with van der Waals surface area (Å²) in [6.07, 6.45) is 12.1. The van der Waals surface area contributed by atoms with E-state index >= 15 is 0 Å². The number of aromatic amines is 2. The maximum Gasteiger partial charge on any atom is 0.273 e. The number of carbonyl (C=O) groups excluding carboxylic acids is 2. The molecule has 6 aliphatic rings. The minimum atomic E-state index is -0.136. The maximum absolute atomic E-state index is 12.4. The summed E-state index contributed by atoms with van der Waals surface area (Å²) in [5, 5.41) is 5.32. The van der Waals surface area contributed by atoms with Crippen LogP contribution >= 0.6 is 0 Å². The molecule has 224 valence electrons. The SMILES string of the molecule is CC1=C(C)C(/C=c2/[nH]/c(=C(/c3[nH]c(/C=C4/NC(=O)C(C)=C4C)c(C)c3C)C34CC5CC(CC(C5)C3)C4)c(C)c2C)=NC1=O. The van der Waals surface area contributed by atoms with Crippen molar-refractivity contribution in [2.75, 3.05) is 0 Å². The van der Waals surface area contributed by atoms with Crippen molar-refractivity contribution >= 4 is 35.3 Å². The molecule has 4 aliphatic carbocycles. The highest BCUT2D eigenvalue weighted by Gasteiger charge is 2.53. The van der Waals surface area contributed by atoms with Crippen LogP contribution in [0.4, 0.5) is 0 Å². The third-order valence-electron chi connectivity index (χ3n) is 11.9. The summed E-state index contributed by atoms with van der Waals surface area (Å²) < 4.78 is 0. The van der Waals surface area contributed by atoms with Crippen molar-refractivity contribution in [3.8, 4) is 0 Å². The van der Waals surface area contributed by atoms with Gasteiger partial charge in [0, 0.05) is 49.9 Å². The molecule has 2 aromatic rings. The number of nitrogens with one attached hydrogen (secondary N) is 3. The summed E-state index contributed by atoms with van der Waals surface area (Å²) in [6.45, 7) is 16.6. The van der Waals surface area contributed by atoms with E-state index in [4.69, 9.17) is 0 Å². The Hall–Kier alpha value is -3.67. The highest BCUT2D eigenvalue weighted by molar-refractivity contribution is 6.30. The van der Waals surface area contributed by atoms with E-state index in [1.807, 2.05) is 27.7 Å². The smallest absolute Gasteiger partial charge is 0.273 e. The second-order valence-corrected chi connectivity index (χ2v) is 14.4. The molecule has 2 amide bonds. The van der Waals surface area contributed by atoms with Crippen LogP contribution in [0.5, 0.6) is 0 Å². The number of aliphatic imine (C=N–C) groups is 1. The largest absolute Gasteiger partial charge is 0.355 e. The van der Waals surface area contributed by atoms with Gasteiger partial charge in [-0.05, 0) is 157 Å². The molecule has 0 atom stereocenters. The summed E-state index contributed by atoms with van der Waals surface area (Å²) in [7, 11) is 0. The van der Waals surface area contributed by atoms with Gasteiger partial charge in [0.05, 0.1) is 5.71 Å². The van der Waals surface area contributed by atoms with E-state index < -0.39 is 0 Å². The van der Waals surface area contributed by atoms with Gasteiger partial charge >= 0.3 is 0 Å². The van der Waals surface area contributed by atoms with Crippen molar-refractivity contribution in [1.82, 2.24) is 15.3 Å². The van der Waals surface area contributed by atoms with Gasteiger partial charge in [0.25, 0.3) is 11.8 Å². The Bertz CT molecular complexity index is 1850. The summed E-state index contributed by atoms with van der Waals surface area (Å²) in [5.41, 5.74) is 13.9. The first-order valence-corrected chi connectivity index (χ1v) is 16.0. The maximum atomic E-state index is 12.4. The van der Waals surface area contributed by atoms with Crippen molar-refractivity contribution < 1.29 is 9.59 Å². The number of carbonyl (C=O) groups is 2. The first-order valence-electron chi connectivity index (χ1n) is 16.0. The van der Waals surface area contributed by atoms with Gasteiger partial charge in [-0.3, -0.25) is 9.59 Å². The predicted molar refractivity (Wildman–Crippen MR) is 173 cm³/mol. The molecule has 6 heteroatoms. The van der Waals surface area contributed by atoms with E-state index in [0.717, 1.165) is 62.5 Å². The molecule has 8 rings (SSSR count). The molecule has 6 nitrogen and oxygen atoms in total. The number of amides is 2. The lowest BCUT2D eigenvalue weighted by Crippen LogP contribution is -2.48. The summed E-state index contributed by atoms with van der Waals surface area (Å²) >= 11 is 0. The second kappa shape index (κ2) is 9.67. The van der Waals surface area contributed by atoms with Crippen LogP contribution in [0, 0.1) is 50.9 Å². The van der Waals surface area contributed by atoms with Gasteiger partial charge in [-0.25, -0.2) is 4.99 Å². The molecular weight excluding hydrogens is 532 g/mol. The van der Waals surface area contributed by atoms with Crippen LogP contribution in [0.2, 0.25) is 0 Å². The van der Waals surface area contributed by atoms with E-state index in [-0.39, 0.29) is 17.2 Å². The standard InChI is InChI=1S/C37H44N4O2/c1-17-21(5)33(38-28(17)12-30-19(3)23(7)35(42)40-30)32(37-14-25-9-26(15-37)11-27(10-25)16-37)34-22(6)18(2)29(39-34)13-31-20(4)24(8)36(43)41-31/h12-13,25-27,38-39H,9-11,14-16H2,1-8H3,(H,40,42)/b29-13+,30-12+,34-32-. The summed E-state index contributed by atoms with van der Waals surface area (Å²) in [5.74, 6) is 2.27. The molecule has 2 aromatic heterocycles. The molecule has 0 spiro atoms. The monoisotopic (exact) mass is 576 g/mol. The van der Waals surface area contributed by atoms with Crippen molar-refractivity contribution in [1.29, 1.82) is 0 Å². The van der Waals surface area contributed by atoms with E-state index in [1.54, 1.807) is 0 Å². The number of hydrogen-bond acceptors (Lipinski definition) is 2. The van der Waals surface area contributed by atoms with Crippen LogP contribution < -0.4 is 16.0 Å². The van der Waals surface area contributed by atoms with Crippen LogP contribution in [-0.4, -0.2) is 27.5 Å². The average Bonchev–Trinajstić information content (AvgIpc) is 3.56. The normalized spacial score (nSPS) is 30.4. The second-order valence-electron chi connectivity index (χ2n) is 14.4. The predicted octanol–water partition coefficient (Wildman–Crippen LogP) is 5.90. The van der Waals surface area contributed by atoms with Gasteiger partial charge < -0.3 is 15.3 Å². The Morgan fingerprint density at radius 3 is 1.88 bits per heavy atom. The lowest BCUT2D eigenvalue weighted by molar-refractivity contribution is -0.116. The fourth-order valence-corrected chi connectivity index (χ4v) is 9.16. The van der Waals surface area contributed by atoms with E-state index in [2.05, 4.69) is 60.1 Å². The van der Waals surface area contributed by atoms with Crippen LogP contribution in [0.25, 0.3) is 17.7 Å². The Balaban J connectivity index is 1.47. The molecular formula is C37H44N4O2. The van der Waals surface area contributed by atoms with Crippen molar-refractivity contribution in [3.05, 3.63) is 72.3 Å². The van der Waals surface area contributed by atoms with Gasteiger partial charge in [0.2, 0.25) is 0 Å². The summed E-state index contributed by atoms with van der Waals surface area (Å²) in [4.78, 5) is 36.9. The molecule has 4 heterocycles. The molecule has 0 unspecified atom stereocenters. The highest BCUT2D eigenvalue weighted by Crippen LogP contribution is 2.64. The number of H-pyrrole nitrogens is 2. The quantitative estimate of drug-likeness (QED) is 0.423. The van der Waals surface area contributed by atoms with Crippen molar-refractivity contribution in [2.45, 2.75) is 93.9 Å². The first kappa shape index (κ1) is 28.1. The van der Waals surface area contributed by atoms with Crippen LogP contribution in [-0.2, 0) is 9.59 Å². The Labute approximate surface area is 254 Å². The number of aromatic nitrogens is 2. The lowest BCUT2D eigenvalue weighted by Gasteiger charge is -2.57. The van der Waals surface area contributed by atoms with Crippen molar-refractivity contribution in [3.63, 3.8) is 0 Å². The van der Waals surface area contributed by atoms with Gasteiger partial charge in [-0.15, -0.1) is 0 Å². The minimum Gasteiger partial charge on any atom is -0.355 e. The van der Waals surface area contributed by atoms with E-state index in [1.165, 1.54) is 77.4 Å². The zero-order valence-corrected chi connectivity index (χ0v) is 26.9. The molecule has 0 aromatic carbocycles. The Morgan fingerprint density at radius 1 is 0.721 bits per heavy atom. The number of rotatable bonds is 4. The molecule has 0 saturated heterocycles. The Morgan fingerprint density at radius 2 is 1.35 bits per heavy atom. The zero-order valence-electron chi connectivity index (χ0n) is 26.9. The lowest BCUT2D eigenvalue weighted by atomic mass is 9.47. The molecule has 2 aliphatic heterocycles. The van der Waals surface area contributed by atoms with E-state index in [0.29, 0.717) is 0 Å². The fraction of sp³-hybridized carbons (Fsp3) is 0.486. The molecule has 3 N–H and O–H groups in total. The van der Waals surface area contributed by atoms with E-state index in [9.17, 15) is 9.59 Å². The number of allylic oxidation sites excluding steroid dienone is 2. The third-order valence-corrected chi connectivity index (χ3v) is 11.9. The van der Waals surface area contributed by atoms with Crippen LogP contribution in [0.1, 0.15) is 99.9 Å². The summed E-state index contributed by atoms with van der Waals surface area (Å²) in [6, 6.07) is 0. The Kier molecular flexibility index (Phi) is 6.32. The van der Waals surface area contributed by atoms with Gasteiger partial charge in [0.1, 0.15) is 0 Å². The zero-order chi connectivity index (χ0) is 30.5. The third kappa shape index (κ3) is 4.23. The first-order chi connectivity index (χ1) is 20.4. The van der Waals surface area contributed by atoms with Gasteiger partial charge in [-0.2, -0.15) is 0 Å². The molecule has 4 fully saturated rings. The number of nitrogens with zero attached hydrogens (tertiary/aromatic N) is 1. The van der Waals surface area contributed by atoms with Gasteiger partial charge in [0.15, 0.2) is 0 Å². The molecule has 0 radical (unpaired) electrons. The van der Waals surface area contributed by atoms with Crippen molar-refractivity contribution in [2.24, 2.45) is 28.2 Å². The number of hydrogen-bond donors (Lipinski definition) is 3. The van der Waals surface area contributed by atoms with Crippen LogP contribution in [0.3, 0.4) is 0 Å². The molecule has 4 bridgehead atoms. The van der Waals surface area contributed by atoms with Crippen LogP contribution in [0.15, 0.2) is 33.0 Å². The highest BCUT2D eigenvalue weighted by atomic mass is 16.2.